The number of benzene rings is 1. The minimum atomic E-state index is 0.727. The van der Waals surface area contributed by atoms with Crippen molar-refractivity contribution in [3.63, 3.8) is 0 Å². The van der Waals surface area contributed by atoms with E-state index in [0.29, 0.717) is 0 Å². The maximum Gasteiger partial charge on any atom is 0.0533 e. The fourth-order valence-corrected chi connectivity index (χ4v) is 4.76. The van der Waals surface area contributed by atoms with E-state index in [1.807, 2.05) is 0 Å². The second kappa shape index (κ2) is 5.36. The average Bonchev–Trinajstić information content (AvgIpc) is 3.16. The van der Waals surface area contributed by atoms with E-state index >= 15 is 0 Å². The molecule has 1 N–H and O–H groups in total. The molecule has 1 saturated heterocycles. The molecule has 3 aliphatic rings. The van der Waals surface area contributed by atoms with Gasteiger partial charge in [-0.05, 0) is 59.4 Å². The monoisotopic (exact) mass is 320 g/mol. The first-order chi connectivity index (χ1) is 11.4. The molecular formula is C20H20N2S. The van der Waals surface area contributed by atoms with Crippen molar-refractivity contribution in [1.29, 1.82) is 0 Å². The highest BCUT2D eigenvalue weighted by Crippen LogP contribution is 2.39. The number of nitrogens with one attached hydrogen (secondary N) is 1. The number of aromatic nitrogens is 1. The van der Waals surface area contributed by atoms with Crippen LogP contribution in [0.2, 0.25) is 0 Å². The lowest BCUT2D eigenvalue weighted by atomic mass is 9.94. The lowest BCUT2D eigenvalue weighted by Gasteiger charge is -2.26. The van der Waals surface area contributed by atoms with Gasteiger partial charge in [-0.2, -0.15) is 11.3 Å². The lowest BCUT2D eigenvalue weighted by Crippen LogP contribution is -2.29. The summed E-state index contributed by atoms with van der Waals surface area (Å²) in [6.45, 7) is 3.63. The molecular weight excluding hydrogens is 300 g/mol. The zero-order valence-electron chi connectivity index (χ0n) is 13.1. The van der Waals surface area contributed by atoms with Crippen molar-refractivity contribution in [2.75, 3.05) is 13.1 Å². The average molecular weight is 320 g/mol. The van der Waals surface area contributed by atoms with E-state index in [9.17, 15) is 0 Å². The molecule has 0 saturated carbocycles. The van der Waals surface area contributed by atoms with Crippen LogP contribution in [0.5, 0.6) is 0 Å². The molecule has 0 aliphatic carbocycles. The van der Waals surface area contributed by atoms with Crippen molar-refractivity contribution in [2.24, 2.45) is 0 Å². The van der Waals surface area contributed by atoms with Gasteiger partial charge in [0.05, 0.1) is 5.52 Å². The Morgan fingerprint density at radius 2 is 2.04 bits per heavy atom. The van der Waals surface area contributed by atoms with E-state index in [0.717, 1.165) is 12.5 Å². The Kier molecular flexibility index (Phi) is 3.17. The Morgan fingerprint density at radius 3 is 2.87 bits per heavy atom. The Bertz CT molecular complexity index is 865. The van der Waals surface area contributed by atoms with Crippen molar-refractivity contribution in [3.05, 3.63) is 57.4 Å². The van der Waals surface area contributed by atoms with Crippen molar-refractivity contribution < 1.29 is 0 Å². The summed E-state index contributed by atoms with van der Waals surface area (Å²) in [6, 6.07) is 8.88. The van der Waals surface area contributed by atoms with Gasteiger partial charge in [0.1, 0.15) is 0 Å². The summed E-state index contributed by atoms with van der Waals surface area (Å²) in [7, 11) is 0. The van der Waals surface area contributed by atoms with Gasteiger partial charge in [0.15, 0.2) is 0 Å². The van der Waals surface area contributed by atoms with Crippen LogP contribution < -0.4 is 0 Å². The highest BCUT2D eigenvalue weighted by Gasteiger charge is 2.30. The third-order valence-electron chi connectivity index (χ3n) is 5.38. The summed E-state index contributed by atoms with van der Waals surface area (Å²) in [5, 5.41) is 5.74. The molecule has 3 aliphatic heterocycles. The van der Waals surface area contributed by atoms with Gasteiger partial charge in [-0.25, -0.2) is 0 Å². The van der Waals surface area contributed by atoms with E-state index in [2.05, 4.69) is 57.1 Å². The molecule has 0 spiro atoms. The number of rotatable bonds is 2. The molecule has 0 amide bonds. The molecule has 2 bridgehead atoms. The molecule has 116 valence electrons. The van der Waals surface area contributed by atoms with E-state index in [4.69, 9.17) is 0 Å². The number of para-hydroxylation sites is 1. The van der Waals surface area contributed by atoms with Gasteiger partial charge < -0.3 is 4.98 Å². The third-order valence-corrected chi connectivity index (χ3v) is 6.08. The molecule has 3 aromatic rings. The first-order valence-electron chi connectivity index (χ1n) is 8.44. The number of nitrogens with zero attached hydrogens (tertiary/aromatic N) is 1. The number of H-pyrrole nitrogens is 1. The van der Waals surface area contributed by atoms with Crippen LogP contribution in [0.3, 0.4) is 0 Å². The normalized spacial score (nSPS) is 23.5. The number of thiophene rings is 1. The van der Waals surface area contributed by atoms with Gasteiger partial charge in [-0.3, -0.25) is 4.90 Å². The molecule has 1 aromatic carbocycles. The van der Waals surface area contributed by atoms with Gasteiger partial charge in [-0.15, -0.1) is 0 Å². The topological polar surface area (TPSA) is 19.0 Å². The molecule has 0 atom stereocenters. The standard InChI is InChI=1S/C20H20N2S/c1-2-15(5-4-14-8-11-23-13-14)19-17(3-1)18-12-22-9-6-16(7-10-22)20(18)21-19/h1-5,8,11,13,16,21H,6-7,9-10,12H2. The van der Waals surface area contributed by atoms with Gasteiger partial charge >= 0.3 is 0 Å². The highest BCUT2D eigenvalue weighted by atomic mass is 32.1. The Labute approximate surface area is 140 Å². The first-order valence-corrected chi connectivity index (χ1v) is 9.39. The van der Waals surface area contributed by atoms with Crippen LogP contribution in [0.25, 0.3) is 23.1 Å². The maximum absolute atomic E-state index is 3.81. The second-order valence-corrected chi connectivity index (χ2v) is 7.51. The minimum Gasteiger partial charge on any atom is -0.357 e. The summed E-state index contributed by atoms with van der Waals surface area (Å²) in [5.41, 5.74) is 6.96. The predicted octanol–water partition coefficient (Wildman–Crippen LogP) is 5.09. The molecule has 3 heteroatoms. The summed E-state index contributed by atoms with van der Waals surface area (Å²) in [4.78, 5) is 6.42. The molecule has 0 unspecified atom stereocenters. The molecule has 5 heterocycles. The van der Waals surface area contributed by atoms with Crippen molar-refractivity contribution >= 4 is 34.4 Å². The third kappa shape index (κ3) is 2.27. The number of hydrogen-bond acceptors (Lipinski definition) is 2. The number of hydrogen-bond donors (Lipinski definition) is 1. The van der Waals surface area contributed by atoms with E-state index < -0.39 is 0 Å². The number of aromatic amines is 1. The Morgan fingerprint density at radius 1 is 1.13 bits per heavy atom. The van der Waals surface area contributed by atoms with Gasteiger partial charge in [0, 0.05) is 23.5 Å². The maximum atomic E-state index is 3.81. The van der Waals surface area contributed by atoms with Crippen molar-refractivity contribution in [3.8, 4) is 0 Å². The Balaban J connectivity index is 1.63. The van der Waals surface area contributed by atoms with E-state index in [1.54, 1.807) is 16.9 Å². The van der Waals surface area contributed by atoms with Crippen LogP contribution >= 0.6 is 11.3 Å². The zero-order valence-corrected chi connectivity index (χ0v) is 13.9. The van der Waals surface area contributed by atoms with Gasteiger partial charge in [0.2, 0.25) is 0 Å². The van der Waals surface area contributed by atoms with Crippen LogP contribution in [0, 0.1) is 0 Å². The number of fused-ring (bicyclic) bond motifs is 3. The van der Waals surface area contributed by atoms with Gasteiger partial charge in [-0.1, -0.05) is 30.4 Å². The smallest absolute Gasteiger partial charge is 0.0533 e. The quantitative estimate of drug-likeness (QED) is 0.696. The molecule has 6 rings (SSSR count). The van der Waals surface area contributed by atoms with Crippen molar-refractivity contribution in [1.82, 2.24) is 9.88 Å². The molecule has 23 heavy (non-hydrogen) atoms. The second-order valence-electron chi connectivity index (χ2n) is 6.73. The van der Waals surface area contributed by atoms with E-state index in [-0.39, 0.29) is 0 Å². The highest BCUT2D eigenvalue weighted by molar-refractivity contribution is 7.08. The minimum absolute atomic E-state index is 0.727. The Hall–Kier alpha value is -1.84. The predicted molar refractivity (Wildman–Crippen MR) is 98.8 cm³/mol. The van der Waals surface area contributed by atoms with Crippen LogP contribution in [0.15, 0.2) is 35.0 Å². The molecule has 1 fully saturated rings. The van der Waals surface area contributed by atoms with Crippen LogP contribution in [-0.4, -0.2) is 23.0 Å². The first kappa shape index (κ1) is 13.6. The fourth-order valence-electron chi connectivity index (χ4n) is 4.13. The van der Waals surface area contributed by atoms with Crippen LogP contribution in [0.4, 0.5) is 0 Å². The molecule has 0 radical (unpaired) electrons. The largest absolute Gasteiger partial charge is 0.357 e. The summed E-state index contributed by atoms with van der Waals surface area (Å²) in [6.07, 6.45) is 7.07. The number of piperidine rings is 1. The van der Waals surface area contributed by atoms with Crippen LogP contribution in [0.1, 0.15) is 41.1 Å². The zero-order chi connectivity index (χ0) is 15.2. The fraction of sp³-hybridized carbons (Fsp3) is 0.300. The van der Waals surface area contributed by atoms with E-state index in [1.165, 1.54) is 53.7 Å². The molecule has 2 nitrogen and oxygen atoms in total. The summed E-state index contributed by atoms with van der Waals surface area (Å²) < 4.78 is 0. The summed E-state index contributed by atoms with van der Waals surface area (Å²) in [5.74, 6) is 0.727. The van der Waals surface area contributed by atoms with Crippen LogP contribution in [-0.2, 0) is 6.54 Å². The summed E-state index contributed by atoms with van der Waals surface area (Å²) >= 11 is 1.75. The van der Waals surface area contributed by atoms with Crippen molar-refractivity contribution in [2.45, 2.75) is 25.3 Å². The SMILES string of the molecule is C(=Cc1cccc2c3c([nH]c12)C1CCN(CC1)C3)c1ccsc1. The lowest BCUT2D eigenvalue weighted by molar-refractivity contribution is 0.220. The van der Waals surface area contributed by atoms with Gasteiger partial charge in [0.25, 0.3) is 0 Å². The molecule has 2 aromatic heterocycles.